The maximum atomic E-state index is 7.50. The first-order valence-corrected chi connectivity index (χ1v) is 4.84. The Labute approximate surface area is 95.9 Å². The van der Waals surface area contributed by atoms with Gasteiger partial charge in [-0.3, -0.25) is 5.41 Å². The lowest BCUT2D eigenvalue weighted by Gasteiger charge is -2.03. The smallest absolute Gasteiger partial charge is 0.151 e. The minimum atomic E-state index is 0.180. The number of hydrogen-bond donors (Lipinski definition) is 1. The maximum Gasteiger partial charge on any atom is 0.151 e. The molecule has 0 fully saturated rings. The SMILES string of the molecule is C=C/C=C(\C=C)c1ccc(C(=N)N=C)cc1. The number of nitrogens with one attached hydrogen (secondary N) is 1. The third-order valence-corrected chi connectivity index (χ3v) is 2.17. The van der Waals surface area contributed by atoms with Crippen LogP contribution < -0.4 is 0 Å². The van der Waals surface area contributed by atoms with Gasteiger partial charge in [0.1, 0.15) is 0 Å². The van der Waals surface area contributed by atoms with E-state index in [1.165, 1.54) is 0 Å². The molecule has 1 rings (SSSR count). The van der Waals surface area contributed by atoms with Crippen LogP contribution >= 0.6 is 0 Å². The summed E-state index contributed by atoms with van der Waals surface area (Å²) in [5, 5.41) is 7.50. The third kappa shape index (κ3) is 2.64. The molecule has 0 aliphatic carbocycles. The van der Waals surface area contributed by atoms with Gasteiger partial charge in [-0.15, -0.1) is 0 Å². The predicted molar refractivity (Wildman–Crippen MR) is 71.2 cm³/mol. The second-order valence-corrected chi connectivity index (χ2v) is 3.15. The van der Waals surface area contributed by atoms with Crippen molar-refractivity contribution in [1.29, 1.82) is 5.41 Å². The summed E-state index contributed by atoms with van der Waals surface area (Å²) in [4.78, 5) is 3.57. The molecule has 0 aromatic heterocycles. The Hall–Kier alpha value is -2.22. The van der Waals surface area contributed by atoms with Crippen molar-refractivity contribution in [3.63, 3.8) is 0 Å². The molecule has 1 N–H and O–H groups in total. The number of aliphatic imine (C=N–C) groups is 1. The molecule has 16 heavy (non-hydrogen) atoms. The Morgan fingerprint density at radius 3 is 2.12 bits per heavy atom. The van der Waals surface area contributed by atoms with Crippen molar-refractivity contribution in [2.45, 2.75) is 0 Å². The van der Waals surface area contributed by atoms with Gasteiger partial charge in [0.15, 0.2) is 5.84 Å². The lowest BCUT2D eigenvalue weighted by atomic mass is 10.0. The van der Waals surface area contributed by atoms with Crippen LogP contribution in [-0.4, -0.2) is 12.6 Å². The van der Waals surface area contributed by atoms with Crippen molar-refractivity contribution in [2.24, 2.45) is 4.99 Å². The lowest BCUT2D eigenvalue weighted by molar-refractivity contribution is 1.42. The number of amidine groups is 1. The van der Waals surface area contributed by atoms with Crippen molar-refractivity contribution in [3.05, 3.63) is 66.8 Å². The molecule has 0 amide bonds. The Balaban J connectivity index is 3.07. The second-order valence-electron chi connectivity index (χ2n) is 3.15. The lowest BCUT2D eigenvalue weighted by Crippen LogP contribution is -1.93. The van der Waals surface area contributed by atoms with E-state index in [9.17, 15) is 0 Å². The number of benzene rings is 1. The van der Waals surface area contributed by atoms with E-state index in [0.29, 0.717) is 0 Å². The van der Waals surface area contributed by atoms with Crippen molar-refractivity contribution in [1.82, 2.24) is 0 Å². The summed E-state index contributed by atoms with van der Waals surface area (Å²) in [6.45, 7) is 10.7. The van der Waals surface area contributed by atoms with Gasteiger partial charge in [0.2, 0.25) is 0 Å². The van der Waals surface area contributed by atoms with Gasteiger partial charge in [0.05, 0.1) is 0 Å². The molecule has 2 heteroatoms. The van der Waals surface area contributed by atoms with Crippen molar-refractivity contribution in [3.8, 4) is 0 Å². The van der Waals surface area contributed by atoms with E-state index in [-0.39, 0.29) is 5.84 Å². The number of rotatable bonds is 4. The van der Waals surface area contributed by atoms with Crippen LogP contribution in [0.4, 0.5) is 0 Å². The van der Waals surface area contributed by atoms with E-state index in [0.717, 1.165) is 16.7 Å². The summed E-state index contributed by atoms with van der Waals surface area (Å²) in [6, 6.07) is 7.53. The van der Waals surface area contributed by atoms with E-state index < -0.39 is 0 Å². The molecule has 80 valence electrons. The molecular weight excluding hydrogens is 196 g/mol. The zero-order valence-electron chi connectivity index (χ0n) is 9.11. The van der Waals surface area contributed by atoms with E-state index in [1.54, 1.807) is 12.2 Å². The summed E-state index contributed by atoms with van der Waals surface area (Å²) in [7, 11) is 0. The molecule has 0 saturated carbocycles. The van der Waals surface area contributed by atoms with Crippen LogP contribution in [0.5, 0.6) is 0 Å². The molecule has 1 aromatic carbocycles. The normalized spacial score (nSPS) is 10.6. The first-order valence-electron chi connectivity index (χ1n) is 4.84. The molecule has 1 aromatic rings. The van der Waals surface area contributed by atoms with Crippen LogP contribution in [0.3, 0.4) is 0 Å². The second kappa shape index (κ2) is 5.61. The van der Waals surface area contributed by atoms with Crippen molar-refractivity contribution in [2.75, 3.05) is 0 Å². The Morgan fingerprint density at radius 1 is 1.12 bits per heavy atom. The van der Waals surface area contributed by atoms with Gasteiger partial charge in [0.25, 0.3) is 0 Å². The van der Waals surface area contributed by atoms with Crippen LogP contribution in [-0.2, 0) is 0 Å². The molecule has 0 unspecified atom stereocenters. The van der Waals surface area contributed by atoms with Gasteiger partial charge in [-0.1, -0.05) is 55.7 Å². The highest BCUT2D eigenvalue weighted by Gasteiger charge is 2.00. The molecule has 0 saturated heterocycles. The Morgan fingerprint density at radius 2 is 1.69 bits per heavy atom. The largest absolute Gasteiger partial charge is 0.282 e. The molecule has 0 radical (unpaired) electrons. The summed E-state index contributed by atoms with van der Waals surface area (Å²) in [5.74, 6) is 0.180. The molecule has 2 nitrogen and oxygen atoms in total. The topological polar surface area (TPSA) is 36.2 Å². The van der Waals surface area contributed by atoms with Crippen LogP contribution in [0.25, 0.3) is 5.57 Å². The average molecular weight is 210 g/mol. The van der Waals surface area contributed by atoms with Gasteiger partial charge in [-0.25, -0.2) is 4.99 Å². The van der Waals surface area contributed by atoms with Crippen LogP contribution in [0, 0.1) is 5.41 Å². The minimum absolute atomic E-state index is 0.180. The Kier molecular flexibility index (Phi) is 4.16. The van der Waals surface area contributed by atoms with Crippen LogP contribution in [0.2, 0.25) is 0 Å². The molecule has 0 aliphatic heterocycles. The Bertz CT molecular complexity index is 450. The van der Waals surface area contributed by atoms with E-state index in [2.05, 4.69) is 24.9 Å². The standard InChI is InChI=1S/C14H14N2/c1-4-6-11(5-2)12-7-9-13(10-8-12)14(15)16-3/h4-10,15H,1-3H2/b11-6+,15-14?. The fourth-order valence-electron chi connectivity index (χ4n) is 1.32. The van der Waals surface area contributed by atoms with Crippen molar-refractivity contribution < 1.29 is 0 Å². The van der Waals surface area contributed by atoms with E-state index in [4.69, 9.17) is 5.41 Å². The van der Waals surface area contributed by atoms with E-state index in [1.807, 2.05) is 30.3 Å². The number of hydrogen-bond acceptors (Lipinski definition) is 1. The van der Waals surface area contributed by atoms with Crippen LogP contribution in [0.15, 0.2) is 60.6 Å². The quantitative estimate of drug-likeness (QED) is 0.449. The predicted octanol–water partition coefficient (Wildman–Crippen LogP) is 3.47. The first-order chi connectivity index (χ1) is 7.72. The highest BCUT2D eigenvalue weighted by atomic mass is 14.8. The van der Waals surface area contributed by atoms with Gasteiger partial charge < -0.3 is 0 Å². The zero-order valence-corrected chi connectivity index (χ0v) is 9.11. The molecule has 0 aliphatic rings. The molecule has 0 atom stereocenters. The average Bonchev–Trinajstić information content (AvgIpc) is 2.35. The fourth-order valence-corrected chi connectivity index (χ4v) is 1.32. The van der Waals surface area contributed by atoms with Crippen molar-refractivity contribution >= 4 is 18.1 Å². The summed E-state index contributed by atoms with van der Waals surface area (Å²) in [6.07, 6.45) is 5.38. The minimum Gasteiger partial charge on any atom is -0.282 e. The fraction of sp³-hybridized carbons (Fsp3) is 0. The summed E-state index contributed by atoms with van der Waals surface area (Å²) < 4.78 is 0. The van der Waals surface area contributed by atoms with Gasteiger partial charge in [-0.05, 0) is 17.9 Å². The molecule has 0 spiro atoms. The highest BCUT2D eigenvalue weighted by molar-refractivity contribution is 5.99. The zero-order chi connectivity index (χ0) is 12.0. The third-order valence-electron chi connectivity index (χ3n) is 2.17. The van der Waals surface area contributed by atoms with Gasteiger partial charge >= 0.3 is 0 Å². The molecule has 0 heterocycles. The highest BCUT2D eigenvalue weighted by Crippen LogP contribution is 2.16. The summed E-state index contributed by atoms with van der Waals surface area (Å²) in [5.41, 5.74) is 2.79. The van der Waals surface area contributed by atoms with E-state index >= 15 is 0 Å². The summed E-state index contributed by atoms with van der Waals surface area (Å²) >= 11 is 0. The first kappa shape index (κ1) is 11.9. The number of nitrogens with zero attached hydrogens (tertiary/aromatic N) is 1. The number of allylic oxidation sites excluding steroid dienone is 4. The van der Waals surface area contributed by atoms with Crippen LogP contribution in [0.1, 0.15) is 11.1 Å². The van der Waals surface area contributed by atoms with Gasteiger partial charge in [-0.2, -0.15) is 0 Å². The monoisotopic (exact) mass is 210 g/mol. The molecule has 0 bridgehead atoms. The molecular formula is C14H14N2. The van der Waals surface area contributed by atoms with Gasteiger partial charge in [0, 0.05) is 5.56 Å². The maximum absolute atomic E-state index is 7.50.